The van der Waals surface area contributed by atoms with Crippen LogP contribution in [0.2, 0.25) is 0 Å². The van der Waals surface area contributed by atoms with Crippen molar-refractivity contribution in [2.45, 2.75) is 38.0 Å². The summed E-state index contributed by atoms with van der Waals surface area (Å²) < 4.78 is 0.274. The Labute approximate surface area is 188 Å². The smallest absolute Gasteiger partial charge is 0.251 e. The topological polar surface area (TPSA) is 109 Å². The highest BCUT2D eigenvalue weighted by Gasteiger charge is 2.29. The molecule has 28 heavy (non-hydrogen) atoms. The highest BCUT2D eigenvalue weighted by molar-refractivity contribution is 14.0. The summed E-state index contributed by atoms with van der Waals surface area (Å²) in [6, 6.07) is 7.16. The number of guanidine groups is 1. The molecular formula is C19H30IN5O2S. The second-order valence-electron chi connectivity index (χ2n) is 6.80. The molecule has 0 spiro atoms. The van der Waals surface area contributed by atoms with Crippen molar-refractivity contribution in [2.24, 2.45) is 10.7 Å². The Morgan fingerprint density at radius 3 is 2.50 bits per heavy atom. The third-order valence-electron chi connectivity index (χ3n) is 4.33. The zero-order chi connectivity index (χ0) is 19.7. The third kappa shape index (κ3) is 8.26. The number of nitrogens with two attached hydrogens (primary N) is 1. The number of halogens is 1. The second-order valence-corrected chi connectivity index (χ2v) is 8.48. The van der Waals surface area contributed by atoms with E-state index in [4.69, 9.17) is 5.73 Å². The van der Waals surface area contributed by atoms with Crippen molar-refractivity contribution in [3.63, 3.8) is 0 Å². The summed E-state index contributed by atoms with van der Waals surface area (Å²) in [5.41, 5.74) is 6.51. The molecule has 2 amide bonds. The summed E-state index contributed by atoms with van der Waals surface area (Å²) >= 11 is 2.02. The van der Waals surface area contributed by atoms with Crippen LogP contribution in [0.5, 0.6) is 0 Å². The standard InChI is InChI=1S/C19H29N5O2S.HI/c1-3-21-18(24-13-19(2)9-4-10-27-19)23-11-14-5-7-15(8-6-14)17(26)22-12-16(20)25;/h5-8H,3-4,9-13H2,1-2H3,(H2,20,25)(H,22,26)(H2,21,23,24);1H. The van der Waals surface area contributed by atoms with Crippen LogP contribution in [0.15, 0.2) is 29.3 Å². The van der Waals surface area contributed by atoms with E-state index in [1.54, 1.807) is 12.1 Å². The first-order valence-electron chi connectivity index (χ1n) is 9.23. The molecule has 0 radical (unpaired) electrons. The van der Waals surface area contributed by atoms with Gasteiger partial charge in [0, 0.05) is 23.4 Å². The minimum Gasteiger partial charge on any atom is -0.368 e. The van der Waals surface area contributed by atoms with Crippen LogP contribution in [-0.2, 0) is 11.3 Å². The Morgan fingerprint density at radius 2 is 1.93 bits per heavy atom. The van der Waals surface area contributed by atoms with Gasteiger partial charge in [0.05, 0.1) is 13.1 Å². The van der Waals surface area contributed by atoms with Crippen molar-refractivity contribution < 1.29 is 9.59 Å². The van der Waals surface area contributed by atoms with Crippen LogP contribution in [0, 0.1) is 0 Å². The molecule has 1 aliphatic rings. The van der Waals surface area contributed by atoms with E-state index in [1.807, 2.05) is 30.8 Å². The molecule has 0 saturated carbocycles. The first-order chi connectivity index (χ1) is 12.9. The number of benzene rings is 1. The summed E-state index contributed by atoms with van der Waals surface area (Å²) in [6.45, 7) is 6.38. The van der Waals surface area contributed by atoms with E-state index < -0.39 is 5.91 Å². The Bertz CT molecular complexity index is 675. The normalized spacial score (nSPS) is 18.9. The molecule has 1 aromatic rings. The highest BCUT2D eigenvalue weighted by Crippen LogP contribution is 2.36. The summed E-state index contributed by atoms with van der Waals surface area (Å²) in [5.74, 6) is 1.14. The third-order valence-corrected chi connectivity index (χ3v) is 5.87. The zero-order valence-electron chi connectivity index (χ0n) is 16.4. The van der Waals surface area contributed by atoms with E-state index in [9.17, 15) is 9.59 Å². The van der Waals surface area contributed by atoms with E-state index in [0.717, 1.165) is 24.6 Å². The fourth-order valence-electron chi connectivity index (χ4n) is 2.79. The maximum Gasteiger partial charge on any atom is 0.251 e. The number of aliphatic imine (C=N–C) groups is 1. The quantitative estimate of drug-likeness (QED) is 0.238. The van der Waals surface area contributed by atoms with Gasteiger partial charge in [-0.15, -0.1) is 24.0 Å². The Morgan fingerprint density at radius 1 is 1.21 bits per heavy atom. The molecular weight excluding hydrogens is 489 g/mol. The summed E-state index contributed by atoms with van der Waals surface area (Å²) in [6.07, 6.45) is 2.50. The first-order valence-corrected chi connectivity index (χ1v) is 10.2. The van der Waals surface area contributed by atoms with Gasteiger partial charge in [0.25, 0.3) is 5.91 Å². The molecule has 1 unspecified atom stereocenters. The summed E-state index contributed by atoms with van der Waals surface area (Å²) in [7, 11) is 0. The number of nitrogens with zero attached hydrogens (tertiary/aromatic N) is 1. The van der Waals surface area contributed by atoms with Crippen molar-refractivity contribution in [2.75, 3.05) is 25.4 Å². The van der Waals surface area contributed by atoms with Crippen LogP contribution in [0.3, 0.4) is 0 Å². The van der Waals surface area contributed by atoms with Gasteiger partial charge >= 0.3 is 0 Å². The van der Waals surface area contributed by atoms with Crippen molar-refractivity contribution >= 4 is 53.5 Å². The number of primary amides is 1. The number of rotatable bonds is 8. The number of thioether (sulfide) groups is 1. The lowest BCUT2D eigenvalue weighted by molar-refractivity contribution is -0.117. The molecule has 1 aromatic carbocycles. The molecule has 1 saturated heterocycles. The molecule has 7 nitrogen and oxygen atoms in total. The molecule has 1 atom stereocenters. The second kappa shape index (κ2) is 12.2. The van der Waals surface area contributed by atoms with E-state index >= 15 is 0 Å². The predicted octanol–water partition coefficient (Wildman–Crippen LogP) is 1.86. The fourth-order valence-corrected chi connectivity index (χ4v) is 4.03. The van der Waals surface area contributed by atoms with Crippen molar-refractivity contribution in [3.05, 3.63) is 35.4 Å². The number of nitrogens with one attached hydrogen (secondary N) is 3. The Kier molecular flexibility index (Phi) is 10.7. The lowest BCUT2D eigenvalue weighted by Gasteiger charge is -2.24. The largest absolute Gasteiger partial charge is 0.368 e. The van der Waals surface area contributed by atoms with Gasteiger partial charge < -0.3 is 21.7 Å². The molecule has 2 rings (SSSR count). The van der Waals surface area contributed by atoms with E-state index in [1.165, 1.54) is 18.6 Å². The molecule has 1 heterocycles. The number of hydrogen-bond acceptors (Lipinski definition) is 4. The fraction of sp³-hybridized carbons (Fsp3) is 0.526. The van der Waals surface area contributed by atoms with Crippen molar-refractivity contribution in [3.8, 4) is 0 Å². The van der Waals surface area contributed by atoms with Gasteiger partial charge in [-0.25, -0.2) is 4.99 Å². The molecule has 9 heteroatoms. The minimum absolute atomic E-state index is 0. The lowest BCUT2D eigenvalue weighted by Crippen LogP contribution is -2.43. The van der Waals surface area contributed by atoms with Gasteiger partial charge in [0.2, 0.25) is 5.91 Å². The first kappa shape index (κ1) is 24.5. The summed E-state index contributed by atoms with van der Waals surface area (Å²) in [5, 5.41) is 9.18. The molecule has 0 aliphatic carbocycles. The van der Waals surface area contributed by atoms with Crippen LogP contribution >= 0.6 is 35.7 Å². The van der Waals surface area contributed by atoms with Gasteiger partial charge in [-0.3, -0.25) is 9.59 Å². The monoisotopic (exact) mass is 519 g/mol. The Balaban J connectivity index is 0.00000392. The van der Waals surface area contributed by atoms with Crippen molar-refractivity contribution in [1.82, 2.24) is 16.0 Å². The van der Waals surface area contributed by atoms with E-state index in [2.05, 4.69) is 27.9 Å². The molecule has 0 aromatic heterocycles. The average molecular weight is 519 g/mol. The van der Waals surface area contributed by atoms with E-state index in [0.29, 0.717) is 12.1 Å². The zero-order valence-corrected chi connectivity index (χ0v) is 19.6. The van der Waals surface area contributed by atoms with Gasteiger partial charge in [0.15, 0.2) is 5.96 Å². The minimum atomic E-state index is -0.567. The van der Waals surface area contributed by atoms with Gasteiger partial charge in [-0.05, 0) is 50.1 Å². The number of amides is 2. The van der Waals surface area contributed by atoms with Crippen LogP contribution in [-0.4, -0.2) is 47.9 Å². The average Bonchev–Trinajstić information content (AvgIpc) is 3.09. The molecule has 156 valence electrons. The molecule has 5 N–H and O–H groups in total. The van der Waals surface area contributed by atoms with Gasteiger partial charge in [-0.1, -0.05) is 12.1 Å². The van der Waals surface area contributed by atoms with Gasteiger partial charge in [0.1, 0.15) is 0 Å². The highest BCUT2D eigenvalue weighted by atomic mass is 127. The van der Waals surface area contributed by atoms with Crippen LogP contribution in [0.1, 0.15) is 42.6 Å². The van der Waals surface area contributed by atoms with Gasteiger partial charge in [-0.2, -0.15) is 11.8 Å². The van der Waals surface area contributed by atoms with Crippen LogP contribution in [0.25, 0.3) is 0 Å². The number of carbonyl (C=O) groups excluding carboxylic acids is 2. The van der Waals surface area contributed by atoms with E-state index in [-0.39, 0.29) is 41.2 Å². The predicted molar refractivity (Wildman–Crippen MR) is 126 cm³/mol. The number of carbonyl (C=O) groups is 2. The lowest BCUT2D eigenvalue weighted by atomic mass is 10.1. The number of hydrogen-bond donors (Lipinski definition) is 4. The molecule has 1 aliphatic heterocycles. The summed E-state index contributed by atoms with van der Waals surface area (Å²) in [4.78, 5) is 27.2. The Hall–Kier alpha value is -1.49. The maximum absolute atomic E-state index is 11.9. The SMILES string of the molecule is CCNC(=NCc1ccc(C(=O)NCC(N)=O)cc1)NCC1(C)CCCS1.I. The molecule has 1 fully saturated rings. The molecule has 0 bridgehead atoms. The van der Waals surface area contributed by atoms with Crippen molar-refractivity contribution in [1.29, 1.82) is 0 Å². The van der Waals surface area contributed by atoms with Crippen LogP contribution < -0.4 is 21.7 Å². The van der Waals surface area contributed by atoms with Crippen LogP contribution in [0.4, 0.5) is 0 Å². The maximum atomic E-state index is 11.9.